The van der Waals surface area contributed by atoms with Crippen LogP contribution in [-0.4, -0.2) is 24.2 Å². The number of ether oxygens (including phenoxy) is 1. The van der Waals surface area contributed by atoms with Crippen LogP contribution in [0.4, 0.5) is 5.69 Å². The number of hydrogen-bond donors (Lipinski definition) is 2. The van der Waals surface area contributed by atoms with E-state index >= 15 is 0 Å². The second-order valence-corrected chi connectivity index (χ2v) is 8.52. The molecular weight excluding hydrogens is 488 g/mol. The largest absolute Gasteiger partial charge is 0.494 e. The maximum atomic E-state index is 13.1. The number of benzene rings is 4. The molecule has 0 atom stereocenters. The average Bonchev–Trinajstić information content (AvgIpc) is 2.98. The topological polar surface area (TPSA) is 84.5 Å². The standard InChI is InChI=1S/C33H28N2O4/c1-2-39-29-20-13-24(14-21-29)15-22-31(36)26-16-18-28(19-17-26)34-33(38)30(23-25-9-5-3-6-10-25)35-32(37)27-11-7-4-8-12-27/h3-23H,2H2,1H3,(H,34,38)(H,35,37)/b22-15+,30-23-. The smallest absolute Gasteiger partial charge is 0.272 e. The van der Waals surface area contributed by atoms with Gasteiger partial charge in [0.2, 0.25) is 0 Å². The van der Waals surface area contributed by atoms with Crippen LogP contribution in [-0.2, 0) is 4.79 Å². The van der Waals surface area contributed by atoms with Gasteiger partial charge in [0.15, 0.2) is 5.78 Å². The highest BCUT2D eigenvalue weighted by atomic mass is 16.5. The van der Waals surface area contributed by atoms with Crippen molar-refractivity contribution in [1.82, 2.24) is 5.32 Å². The molecule has 4 aromatic rings. The molecule has 39 heavy (non-hydrogen) atoms. The Morgan fingerprint density at radius 2 is 1.36 bits per heavy atom. The van der Waals surface area contributed by atoms with E-state index in [1.54, 1.807) is 60.7 Å². The summed E-state index contributed by atoms with van der Waals surface area (Å²) < 4.78 is 5.43. The number of rotatable bonds is 10. The summed E-state index contributed by atoms with van der Waals surface area (Å²) in [5.74, 6) is -0.271. The van der Waals surface area contributed by atoms with Gasteiger partial charge in [-0.1, -0.05) is 66.7 Å². The number of hydrogen-bond acceptors (Lipinski definition) is 4. The quantitative estimate of drug-likeness (QED) is 0.189. The lowest BCUT2D eigenvalue weighted by Gasteiger charge is -2.12. The van der Waals surface area contributed by atoms with E-state index < -0.39 is 11.8 Å². The maximum Gasteiger partial charge on any atom is 0.272 e. The molecule has 6 nitrogen and oxygen atoms in total. The summed E-state index contributed by atoms with van der Waals surface area (Å²) in [7, 11) is 0. The van der Waals surface area contributed by atoms with Gasteiger partial charge in [-0.15, -0.1) is 0 Å². The van der Waals surface area contributed by atoms with E-state index in [1.165, 1.54) is 6.08 Å². The number of carbonyl (C=O) groups is 3. The fraction of sp³-hybridized carbons (Fsp3) is 0.0606. The van der Waals surface area contributed by atoms with Crippen molar-refractivity contribution in [2.45, 2.75) is 6.92 Å². The molecule has 4 rings (SSSR count). The van der Waals surface area contributed by atoms with Gasteiger partial charge in [0.25, 0.3) is 11.8 Å². The van der Waals surface area contributed by atoms with Crippen LogP contribution >= 0.6 is 0 Å². The molecule has 0 radical (unpaired) electrons. The minimum absolute atomic E-state index is 0.0912. The second-order valence-electron chi connectivity index (χ2n) is 8.52. The predicted molar refractivity (Wildman–Crippen MR) is 154 cm³/mol. The lowest BCUT2D eigenvalue weighted by atomic mass is 10.1. The number of nitrogens with one attached hydrogen (secondary N) is 2. The Hall–Kier alpha value is -5.23. The van der Waals surface area contributed by atoms with Crippen molar-refractivity contribution in [3.05, 3.63) is 143 Å². The third kappa shape index (κ3) is 7.87. The summed E-state index contributed by atoms with van der Waals surface area (Å²) in [6.07, 6.45) is 4.85. The van der Waals surface area contributed by atoms with Crippen molar-refractivity contribution in [3.8, 4) is 5.75 Å². The van der Waals surface area contributed by atoms with Crippen molar-refractivity contribution in [1.29, 1.82) is 0 Å². The highest BCUT2D eigenvalue weighted by molar-refractivity contribution is 6.11. The van der Waals surface area contributed by atoms with Gasteiger partial charge in [-0.3, -0.25) is 14.4 Å². The van der Waals surface area contributed by atoms with Crippen LogP contribution in [0, 0.1) is 0 Å². The van der Waals surface area contributed by atoms with E-state index in [1.807, 2.05) is 67.6 Å². The molecule has 0 saturated heterocycles. The lowest BCUT2D eigenvalue weighted by molar-refractivity contribution is -0.113. The van der Waals surface area contributed by atoms with Crippen molar-refractivity contribution < 1.29 is 19.1 Å². The van der Waals surface area contributed by atoms with Crippen LogP contribution < -0.4 is 15.4 Å². The molecule has 0 fully saturated rings. The van der Waals surface area contributed by atoms with Crippen LogP contribution in [0.1, 0.15) is 38.8 Å². The summed E-state index contributed by atoms with van der Waals surface area (Å²) in [6.45, 7) is 2.52. The van der Waals surface area contributed by atoms with Gasteiger partial charge in [0, 0.05) is 16.8 Å². The third-order valence-electron chi connectivity index (χ3n) is 5.68. The first-order valence-corrected chi connectivity index (χ1v) is 12.5. The summed E-state index contributed by atoms with van der Waals surface area (Å²) in [6, 6.07) is 32.0. The van der Waals surface area contributed by atoms with Crippen molar-refractivity contribution in [2.75, 3.05) is 11.9 Å². The van der Waals surface area contributed by atoms with E-state index in [4.69, 9.17) is 4.74 Å². The Bertz CT molecular complexity index is 1470. The normalized spacial score (nSPS) is 11.2. The van der Waals surface area contributed by atoms with E-state index in [0.717, 1.165) is 16.9 Å². The zero-order valence-electron chi connectivity index (χ0n) is 21.5. The molecule has 0 bridgehead atoms. The first kappa shape index (κ1) is 26.8. The van der Waals surface area contributed by atoms with Crippen LogP contribution in [0.2, 0.25) is 0 Å². The molecule has 0 spiro atoms. The fourth-order valence-corrected chi connectivity index (χ4v) is 3.68. The van der Waals surface area contributed by atoms with Gasteiger partial charge < -0.3 is 15.4 Å². The maximum absolute atomic E-state index is 13.1. The molecule has 0 aliphatic heterocycles. The number of anilines is 1. The van der Waals surface area contributed by atoms with Crippen LogP contribution in [0.15, 0.2) is 121 Å². The van der Waals surface area contributed by atoms with Gasteiger partial charge in [-0.25, -0.2) is 0 Å². The number of allylic oxidation sites excluding steroid dienone is 1. The minimum Gasteiger partial charge on any atom is -0.494 e. The number of carbonyl (C=O) groups excluding carboxylic acids is 3. The number of amides is 2. The van der Waals surface area contributed by atoms with Crippen molar-refractivity contribution in [2.24, 2.45) is 0 Å². The Kier molecular flexibility index (Phi) is 9.18. The Morgan fingerprint density at radius 3 is 2.00 bits per heavy atom. The van der Waals surface area contributed by atoms with Gasteiger partial charge >= 0.3 is 0 Å². The van der Waals surface area contributed by atoms with Gasteiger partial charge in [-0.05, 0) is 78.7 Å². The molecule has 194 valence electrons. The average molecular weight is 517 g/mol. The van der Waals surface area contributed by atoms with E-state index in [2.05, 4.69) is 10.6 Å². The van der Waals surface area contributed by atoms with Crippen LogP contribution in [0.5, 0.6) is 5.75 Å². The molecule has 6 heteroatoms. The highest BCUT2D eigenvalue weighted by Gasteiger charge is 2.15. The summed E-state index contributed by atoms with van der Waals surface area (Å²) in [5.41, 5.74) is 3.13. The molecule has 0 aliphatic carbocycles. The summed E-state index contributed by atoms with van der Waals surface area (Å²) in [5, 5.41) is 5.51. The predicted octanol–water partition coefficient (Wildman–Crippen LogP) is 6.39. The van der Waals surface area contributed by atoms with E-state index in [-0.39, 0.29) is 11.5 Å². The van der Waals surface area contributed by atoms with E-state index in [0.29, 0.717) is 23.4 Å². The molecule has 0 heterocycles. The van der Waals surface area contributed by atoms with Gasteiger partial charge in [0.05, 0.1) is 6.61 Å². The van der Waals surface area contributed by atoms with Crippen molar-refractivity contribution >= 4 is 35.4 Å². The molecule has 0 saturated carbocycles. The summed E-state index contributed by atoms with van der Waals surface area (Å²) in [4.78, 5) is 38.5. The zero-order chi connectivity index (χ0) is 27.5. The highest BCUT2D eigenvalue weighted by Crippen LogP contribution is 2.16. The third-order valence-corrected chi connectivity index (χ3v) is 5.68. The van der Waals surface area contributed by atoms with Crippen LogP contribution in [0.3, 0.4) is 0 Å². The minimum atomic E-state index is -0.488. The van der Waals surface area contributed by atoms with Crippen LogP contribution in [0.25, 0.3) is 12.2 Å². The molecule has 0 unspecified atom stereocenters. The first-order valence-electron chi connectivity index (χ1n) is 12.5. The second kappa shape index (κ2) is 13.4. The monoisotopic (exact) mass is 516 g/mol. The Balaban J connectivity index is 1.44. The summed E-state index contributed by atoms with van der Waals surface area (Å²) >= 11 is 0. The molecular formula is C33H28N2O4. The first-order chi connectivity index (χ1) is 19.0. The lowest BCUT2D eigenvalue weighted by Crippen LogP contribution is -2.30. The molecule has 0 aliphatic rings. The fourth-order valence-electron chi connectivity index (χ4n) is 3.68. The molecule has 2 N–H and O–H groups in total. The molecule has 4 aromatic carbocycles. The van der Waals surface area contributed by atoms with Crippen molar-refractivity contribution in [3.63, 3.8) is 0 Å². The Morgan fingerprint density at radius 1 is 0.718 bits per heavy atom. The number of ketones is 1. The molecule has 2 amide bonds. The van der Waals surface area contributed by atoms with Gasteiger partial charge in [-0.2, -0.15) is 0 Å². The zero-order valence-corrected chi connectivity index (χ0v) is 21.5. The van der Waals surface area contributed by atoms with Gasteiger partial charge in [0.1, 0.15) is 11.4 Å². The molecule has 0 aromatic heterocycles. The Labute approximate surface area is 227 Å². The van der Waals surface area contributed by atoms with E-state index in [9.17, 15) is 14.4 Å². The SMILES string of the molecule is CCOc1ccc(/C=C/C(=O)c2ccc(NC(=O)/C(=C/c3ccccc3)NC(=O)c3ccccc3)cc2)cc1.